The normalized spacial score (nSPS) is 11.0. The van der Waals surface area contributed by atoms with Crippen molar-refractivity contribution in [2.24, 2.45) is 0 Å². The molecule has 6 nitrogen and oxygen atoms in total. The van der Waals surface area contributed by atoms with Crippen LogP contribution in [0.15, 0.2) is 76.6 Å². The molecule has 7 heteroatoms. The molecule has 0 atom stereocenters. The van der Waals surface area contributed by atoms with Crippen LogP contribution in [0.4, 0.5) is 5.69 Å². The topological polar surface area (TPSA) is 83.8 Å². The van der Waals surface area contributed by atoms with Crippen molar-refractivity contribution in [1.82, 2.24) is 15.1 Å². The van der Waals surface area contributed by atoms with Crippen molar-refractivity contribution in [2.75, 3.05) is 5.32 Å². The van der Waals surface area contributed by atoms with Crippen LogP contribution in [0.1, 0.15) is 21.9 Å². The van der Waals surface area contributed by atoms with Crippen molar-refractivity contribution in [3.05, 3.63) is 89.3 Å². The zero-order valence-corrected chi connectivity index (χ0v) is 16.1. The van der Waals surface area contributed by atoms with E-state index in [-0.39, 0.29) is 5.91 Å². The Hall–Kier alpha value is -3.71. The predicted octanol–water partition coefficient (Wildman–Crippen LogP) is 5.12. The van der Waals surface area contributed by atoms with Crippen LogP contribution in [-0.2, 0) is 6.42 Å². The van der Waals surface area contributed by atoms with Crippen molar-refractivity contribution in [1.29, 1.82) is 0 Å². The highest BCUT2D eigenvalue weighted by Gasteiger charge is 2.15. The number of para-hydroxylation sites is 2. The molecule has 0 unspecified atom stereocenters. The highest BCUT2D eigenvalue weighted by Crippen LogP contribution is 2.24. The monoisotopic (exact) mass is 400 g/mol. The first-order valence-corrected chi connectivity index (χ1v) is 9.98. The number of nitrogens with one attached hydrogen (secondary N) is 2. The van der Waals surface area contributed by atoms with Crippen molar-refractivity contribution in [3.63, 3.8) is 0 Å². The zero-order chi connectivity index (χ0) is 19.6. The molecular weight excluding hydrogens is 384 g/mol. The second-order valence-corrected chi connectivity index (χ2v) is 7.50. The summed E-state index contributed by atoms with van der Waals surface area (Å²) in [5.74, 6) is 0.883. The number of hydrogen-bond donors (Lipinski definition) is 2. The van der Waals surface area contributed by atoms with Gasteiger partial charge in [-0.2, -0.15) is 4.98 Å². The SMILES string of the molecule is O=C(Nc1ccccc1Cc1nc(-c2cccs2)no1)c1cc2ccccc2[nH]1. The molecule has 0 fully saturated rings. The molecule has 1 amide bonds. The number of amides is 1. The number of carbonyl (C=O) groups is 1. The average Bonchev–Trinajstić information content (AvgIpc) is 3.49. The van der Waals surface area contributed by atoms with Gasteiger partial charge < -0.3 is 14.8 Å². The minimum absolute atomic E-state index is 0.196. The Morgan fingerprint density at radius 3 is 2.79 bits per heavy atom. The summed E-state index contributed by atoms with van der Waals surface area (Å²) in [6.07, 6.45) is 0.432. The third-order valence-electron chi connectivity index (χ3n) is 4.59. The summed E-state index contributed by atoms with van der Waals surface area (Å²) in [7, 11) is 0. The van der Waals surface area contributed by atoms with Gasteiger partial charge in [-0.05, 0) is 35.2 Å². The maximum absolute atomic E-state index is 12.8. The Kier molecular flexibility index (Phi) is 4.42. The second kappa shape index (κ2) is 7.37. The third-order valence-corrected chi connectivity index (χ3v) is 5.46. The van der Waals surface area contributed by atoms with Crippen LogP contribution in [0.25, 0.3) is 21.6 Å². The number of fused-ring (bicyclic) bond motifs is 1. The lowest BCUT2D eigenvalue weighted by Crippen LogP contribution is -2.13. The van der Waals surface area contributed by atoms with Gasteiger partial charge in [0.05, 0.1) is 11.3 Å². The summed E-state index contributed by atoms with van der Waals surface area (Å²) >= 11 is 1.56. The Bertz CT molecular complexity index is 1250. The molecule has 0 aliphatic carbocycles. The number of aromatic amines is 1. The van der Waals surface area contributed by atoms with Crippen LogP contribution in [-0.4, -0.2) is 21.0 Å². The van der Waals surface area contributed by atoms with E-state index >= 15 is 0 Å². The van der Waals surface area contributed by atoms with Gasteiger partial charge in [0.2, 0.25) is 11.7 Å². The van der Waals surface area contributed by atoms with Crippen molar-refractivity contribution >= 4 is 33.8 Å². The van der Waals surface area contributed by atoms with Crippen molar-refractivity contribution in [2.45, 2.75) is 6.42 Å². The van der Waals surface area contributed by atoms with Gasteiger partial charge in [0.25, 0.3) is 5.91 Å². The zero-order valence-electron chi connectivity index (χ0n) is 15.3. The molecule has 3 heterocycles. The van der Waals surface area contributed by atoms with Gasteiger partial charge in [0, 0.05) is 16.6 Å². The summed E-state index contributed by atoms with van der Waals surface area (Å²) < 4.78 is 5.40. The van der Waals surface area contributed by atoms with Gasteiger partial charge in [-0.1, -0.05) is 47.6 Å². The Labute approximate surface area is 170 Å². The average molecular weight is 400 g/mol. The van der Waals surface area contributed by atoms with Crippen LogP contribution in [0.5, 0.6) is 0 Å². The fourth-order valence-corrected chi connectivity index (χ4v) is 3.83. The molecule has 0 aliphatic rings. The molecule has 29 heavy (non-hydrogen) atoms. The van der Waals surface area contributed by atoms with E-state index in [4.69, 9.17) is 4.52 Å². The minimum atomic E-state index is -0.196. The van der Waals surface area contributed by atoms with Crippen LogP contribution < -0.4 is 5.32 Å². The molecule has 0 bridgehead atoms. The minimum Gasteiger partial charge on any atom is -0.351 e. The standard InChI is InChI=1S/C22H16N4O2S/c27-22(18-12-14-6-1-3-8-16(14)23-18)24-17-9-4-2-7-15(17)13-20-25-21(26-28-20)19-10-5-11-29-19/h1-12,23H,13H2,(H,24,27). The molecule has 0 saturated heterocycles. The fourth-order valence-electron chi connectivity index (χ4n) is 3.18. The summed E-state index contributed by atoms with van der Waals surface area (Å²) in [6, 6.07) is 21.2. The van der Waals surface area contributed by atoms with E-state index in [1.165, 1.54) is 0 Å². The van der Waals surface area contributed by atoms with E-state index in [1.54, 1.807) is 11.3 Å². The highest BCUT2D eigenvalue weighted by atomic mass is 32.1. The Balaban J connectivity index is 1.37. The molecule has 0 radical (unpaired) electrons. The van der Waals surface area contributed by atoms with Crippen LogP contribution in [0, 0.1) is 0 Å². The number of carbonyl (C=O) groups excluding carboxylic acids is 1. The number of benzene rings is 2. The van der Waals surface area contributed by atoms with Gasteiger partial charge in [0.15, 0.2) is 0 Å². The molecule has 5 rings (SSSR count). The van der Waals surface area contributed by atoms with E-state index < -0.39 is 0 Å². The lowest BCUT2D eigenvalue weighted by molar-refractivity contribution is 0.102. The van der Waals surface area contributed by atoms with Gasteiger partial charge in [-0.3, -0.25) is 4.79 Å². The lowest BCUT2D eigenvalue weighted by atomic mass is 10.1. The molecule has 3 aromatic heterocycles. The van der Waals surface area contributed by atoms with E-state index in [9.17, 15) is 4.79 Å². The molecular formula is C22H16N4O2S. The van der Waals surface area contributed by atoms with E-state index in [1.807, 2.05) is 72.1 Å². The molecule has 2 N–H and O–H groups in total. The van der Waals surface area contributed by atoms with Crippen LogP contribution in [0.2, 0.25) is 0 Å². The van der Waals surface area contributed by atoms with Gasteiger partial charge >= 0.3 is 0 Å². The number of anilines is 1. The maximum Gasteiger partial charge on any atom is 0.272 e. The largest absolute Gasteiger partial charge is 0.351 e. The first-order valence-electron chi connectivity index (χ1n) is 9.10. The smallest absolute Gasteiger partial charge is 0.272 e. The van der Waals surface area contributed by atoms with Gasteiger partial charge in [-0.15, -0.1) is 11.3 Å². The predicted molar refractivity (Wildman–Crippen MR) is 113 cm³/mol. The van der Waals surface area contributed by atoms with Crippen molar-refractivity contribution < 1.29 is 9.32 Å². The number of rotatable bonds is 5. The van der Waals surface area contributed by atoms with E-state index in [0.29, 0.717) is 29.5 Å². The van der Waals surface area contributed by atoms with Gasteiger partial charge in [0.1, 0.15) is 5.69 Å². The third kappa shape index (κ3) is 3.55. The summed E-state index contributed by atoms with van der Waals surface area (Å²) in [5.41, 5.74) is 3.06. The molecule has 0 aliphatic heterocycles. The molecule has 0 spiro atoms. The molecule has 142 valence electrons. The Morgan fingerprint density at radius 2 is 1.93 bits per heavy atom. The van der Waals surface area contributed by atoms with E-state index in [2.05, 4.69) is 20.4 Å². The quantitative estimate of drug-likeness (QED) is 0.429. The van der Waals surface area contributed by atoms with Crippen LogP contribution in [0.3, 0.4) is 0 Å². The molecule has 2 aromatic carbocycles. The maximum atomic E-state index is 12.8. The second-order valence-electron chi connectivity index (χ2n) is 6.55. The summed E-state index contributed by atoms with van der Waals surface area (Å²) in [6.45, 7) is 0. The number of hydrogen-bond acceptors (Lipinski definition) is 5. The number of nitrogens with zero attached hydrogens (tertiary/aromatic N) is 2. The summed E-state index contributed by atoms with van der Waals surface area (Å²) in [5, 5.41) is 10.0. The van der Waals surface area contributed by atoms with Crippen LogP contribution >= 0.6 is 11.3 Å². The molecule has 0 saturated carbocycles. The van der Waals surface area contributed by atoms with E-state index in [0.717, 1.165) is 21.3 Å². The lowest BCUT2D eigenvalue weighted by Gasteiger charge is -2.09. The Morgan fingerprint density at radius 1 is 1.07 bits per heavy atom. The highest BCUT2D eigenvalue weighted by molar-refractivity contribution is 7.13. The first-order chi connectivity index (χ1) is 14.3. The first kappa shape index (κ1) is 17.4. The molecule has 5 aromatic rings. The van der Waals surface area contributed by atoms with Gasteiger partial charge in [-0.25, -0.2) is 0 Å². The fraction of sp³-hybridized carbons (Fsp3) is 0.0455. The number of aromatic nitrogens is 3. The van der Waals surface area contributed by atoms with Crippen molar-refractivity contribution in [3.8, 4) is 10.7 Å². The summed E-state index contributed by atoms with van der Waals surface area (Å²) in [4.78, 5) is 21.3. The number of thiophene rings is 1. The number of H-pyrrole nitrogens is 1.